The van der Waals surface area contributed by atoms with E-state index in [1.807, 2.05) is 24.3 Å². The number of esters is 1. The minimum Gasteiger partial charge on any atom is -0.497 e. The predicted molar refractivity (Wildman–Crippen MR) is 92.5 cm³/mol. The van der Waals surface area contributed by atoms with Gasteiger partial charge in [-0.05, 0) is 42.0 Å². The first-order chi connectivity index (χ1) is 11.1. The molecule has 0 radical (unpaired) electrons. The Bertz CT molecular complexity index is 710. The molecule has 2 aromatic rings. The third-order valence-corrected chi connectivity index (χ3v) is 3.60. The van der Waals surface area contributed by atoms with Crippen molar-refractivity contribution in [1.29, 1.82) is 0 Å². The van der Waals surface area contributed by atoms with E-state index in [1.54, 1.807) is 38.5 Å². The van der Waals surface area contributed by atoms with Crippen molar-refractivity contribution in [3.8, 4) is 11.5 Å². The highest BCUT2D eigenvalue weighted by Crippen LogP contribution is 2.25. The highest BCUT2D eigenvalue weighted by molar-refractivity contribution is 9.10. The summed E-state index contributed by atoms with van der Waals surface area (Å²) < 4.78 is 16.6. The maximum absolute atomic E-state index is 11.8. The molecule has 0 unspecified atom stereocenters. The van der Waals surface area contributed by atoms with Crippen molar-refractivity contribution >= 4 is 28.0 Å². The van der Waals surface area contributed by atoms with Crippen molar-refractivity contribution in [3.05, 3.63) is 64.1 Å². The summed E-state index contributed by atoms with van der Waals surface area (Å²) in [5.74, 6) is 0.921. The zero-order chi connectivity index (χ0) is 16.7. The van der Waals surface area contributed by atoms with Crippen LogP contribution in [0.3, 0.4) is 0 Å². The van der Waals surface area contributed by atoms with Crippen LogP contribution in [0.25, 0.3) is 6.08 Å². The summed E-state index contributed by atoms with van der Waals surface area (Å²) in [4.78, 5) is 11.8. The summed E-state index contributed by atoms with van der Waals surface area (Å²) >= 11 is 3.38. The number of carbonyl (C=O) groups is 1. The minimum atomic E-state index is -0.421. The molecule has 0 N–H and O–H groups in total. The van der Waals surface area contributed by atoms with E-state index in [1.165, 1.54) is 6.08 Å². The maximum atomic E-state index is 11.8. The largest absolute Gasteiger partial charge is 0.497 e. The van der Waals surface area contributed by atoms with Gasteiger partial charge in [0.1, 0.15) is 18.1 Å². The van der Waals surface area contributed by atoms with Crippen molar-refractivity contribution in [2.45, 2.75) is 6.61 Å². The van der Waals surface area contributed by atoms with Gasteiger partial charge in [0, 0.05) is 16.1 Å². The fraction of sp³-hybridized carbons (Fsp3) is 0.167. The molecule has 0 saturated heterocycles. The molecule has 0 heterocycles. The molecular formula is C18H17BrO4. The normalized spacial score (nSPS) is 10.6. The van der Waals surface area contributed by atoms with Gasteiger partial charge in [0.25, 0.3) is 0 Å². The standard InChI is InChI=1S/C18H17BrO4/c1-21-16-7-8-17(22-2)14(11-16)6-9-18(20)23-12-13-4-3-5-15(19)10-13/h3-11H,12H2,1-2H3/b9-6+. The third-order valence-electron chi connectivity index (χ3n) is 3.11. The van der Waals surface area contributed by atoms with Gasteiger partial charge < -0.3 is 14.2 Å². The lowest BCUT2D eigenvalue weighted by molar-refractivity contribution is -0.138. The van der Waals surface area contributed by atoms with Crippen molar-refractivity contribution in [3.63, 3.8) is 0 Å². The highest BCUT2D eigenvalue weighted by atomic mass is 79.9. The number of rotatable bonds is 6. The molecule has 23 heavy (non-hydrogen) atoms. The van der Waals surface area contributed by atoms with Crippen molar-refractivity contribution in [1.82, 2.24) is 0 Å². The number of benzene rings is 2. The van der Waals surface area contributed by atoms with Crippen molar-refractivity contribution in [2.75, 3.05) is 14.2 Å². The molecule has 0 aliphatic heterocycles. The van der Waals surface area contributed by atoms with Gasteiger partial charge in [-0.25, -0.2) is 4.79 Å². The molecule has 0 fully saturated rings. The Morgan fingerprint density at radius 1 is 1.13 bits per heavy atom. The van der Waals surface area contributed by atoms with Crippen LogP contribution in [0.5, 0.6) is 11.5 Å². The molecule has 0 aliphatic rings. The number of carbonyl (C=O) groups excluding carboxylic acids is 1. The molecule has 2 aromatic carbocycles. The molecule has 0 amide bonds. The van der Waals surface area contributed by atoms with E-state index in [0.29, 0.717) is 11.5 Å². The zero-order valence-electron chi connectivity index (χ0n) is 12.9. The SMILES string of the molecule is COc1ccc(OC)c(/C=C/C(=O)OCc2cccc(Br)c2)c1. The molecule has 0 spiro atoms. The quantitative estimate of drug-likeness (QED) is 0.559. The summed E-state index contributed by atoms with van der Waals surface area (Å²) in [6, 6.07) is 13.0. The number of methoxy groups -OCH3 is 2. The molecule has 2 rings (SSSR count). The van der Waals surface area contributed by atoms with Crippen LogP contribution in [0.4, 0.5) is 0 Å². The van der Waals surface area contributed by atoms with Gasteiger partial charge in [0.15, 0.2) is 0 Å². The first-order valence-corrected chi connectivity index (χ1v) is 7.73. The fourth-order valence-electron chi connectivity index (χ4n) is 1.96. The summed E-state index contributed by atoms with van der Waals surface area (Å²) in [6.45, 7) is 0.220. The van der Waals surface area contributed by atoms with Crippen LogP contribution in [0, 0.1) is 0 Å². The molecule has 0 saturated carbocycles. The first kappa shape index (κ1) is 17.1. The summed E-state index contributed by atoms with van der Waals surface area (Å²) in [7, 11) is 3.16. The number of hydrogen-bond donors (Lipinski definition) is 0. The van der Waals surface area contributed by atoms with Gasteiger partial charge in [0.2, 0.25) is 0 Å². The van der Waals surface area contributed by atoms with Crippen LogP contribution in [0.15, 0.2) is 53.0 Å². The van der Waals surface area contributed by atoms with Crippen LogP contribution >= 0.6 is 15.9 Å². The zero-order valence-corrected chi connectivity index (χ0v) is 14.5. The Hall–Kier alpha value is -2.27. The van der Waals surface area contributed by atoms with Crippen LogP contribution in [0.1, 0.15) is 11.1 Å². The van der Waals surface area contributed by atoms with Gasteiger partial charge in [-0.15, -0.1) is 0 Å². The predicted octanol–water partition coefficient (Wildman–Crippen LogP) is 4.22. The van der Waals surface area contributed by atoms with E-state index < -0.39 is 5.97 Å². The minimum absolute atomic E-state index is 0.220. The van der Waals surface area contributed by atoms with Gasteiger partial charge >= 0.3 is 5.97 Å². The fourth-order valence-corrected chi connectivity index (χ4v) is 2.40. The lowest BCUT2D eigenvalue weighted by Gasteiger charge is -2.07. The van der Waals surface area contributed by atoms with Gasteiger partial charge in [-0.2, -0.15) is 0 Å². The summed E-state index contributed by atoms with van der Waals surface area (Å²) in [6.07, 6.45) is 3.01. The number of hydrogen-bond acceptors (Lipinski definition) is 4. The molecule has 0 aromatic heterocycles. The second kappa shape index (κ2) is 8.39. The van der Waals surface area contributed by atoms with E-state index in [-0.39, 0.29) is 6.61 Å². The van der Waals surface area contributed by atoms with E-state index in [0.717, 1.165) is 15.6 Å². The Balaban J connectivity index is 2.00. The average molecular weight is 377 g/mol. The lowest BCUT2D eigenvalue weighted by atomic mass is 10.1. The Morgan fingerprint density at radius 2 is 1.96 bits per heavy atom. The highest BCUT2D eigenvalue weighted by Gasteiger charge is 2.04. The molecule has 0 atom stereocenters. The summed E-state index contributed by atoms with van der Waals surface area (Å²) in [5.41, 5.74) is 1.66. The molecule has 120 valence electrons. The van der Waals surface area contributed by atoms with Gasteiger partial charge in [-0.3, -0.25) is 0 Å². The smallest absolute Gasteiger partial charge is 0.331 e. The van der Waals surface area contributed by atoms with Crippen molar-refractivity contribution in [2.24, 2.45) is 0 Å². The Morgan fingerprint density at radius 3 is 2.65 bits per heavy atom. The molecule has 0 aliphatic carbocycles. The van der Waals surface area contributed by atoms with Gasteiger partial charge in [-0.1, -0.05) is 28.1 Å². The van der Waals surface area contributed by atoms with Gasteiger partial charge in [0.05, 0.1) is 14.2 Å². The second-order valence-electron chi connectivity index (χ2n) is 4.68. The van der Waals surface area contributed by atoms with E-state index in [4.69, 9.17) is 14.2 Å². The topological polar surface area (TPSA) is 44.8 Å². The van der Waals surface area contributed by atoms with Crippen LogP contribution in [-0.2, 0) is 16.1 Å². The van der Waals surface area contributed by atoms with Crippen LogP contribution < -0.4 is 9.47 Å². The van der Waals surface area contributed by atoms with Crippen LogP contribution in [-0.4, -0.2) is 20.2 Å². The first-order valence-electron chi connectivity index (χ1n) is 6.93. The van der Waals surface area contributed by atoms with E-state index in [9.17, 15) is 4.79 Å². The molecular weight excluding hydrogens is 360 g/mol. The third kappa shape index (κ3) is 5.14. The molecule has 5 heteroatoms. The van der Waals surface area contributed by atoms with Crippen molar-refractivity contribution < 1.29 is 19.0 Å². The van der Waals surface area contributed by atoms with Crippen LogP contribution in [0.2, 0.25) is 0 Å². The van der Waals surface area contributed by atoms with E-state index >= 15 is 0 Å². The summed E-state index contributed by atoms with van der Waals surface area (Å²) in [5, 5.41) is 0. The Labute approximate surface area is 143 Å². The Kier molecular flexibility index (Phi) is 6.23. The maximum Gasteiger partial charge on any atom is 0.331 e. The second-order valence-corrected chi connectivity index (χ2v) is 5.59. The lowest BCUT2D eigenvalue weighted by Crippen LogP contribution is -2.00. The molecule has 4 nitrogen and oxygen atoms in total. The number of ether oxygens (including phenoxy) is 3. The number of halogens is 1. The van der Waals surface area contributed by atoms with E-state index in [2.05, 4.69) is 15.9 Å². The average Bonchev–Trinajstić information content (AvgIpc) is 2.57. The molecule has 0 bridgehead atoms. The monoisotopic (exact) mass is 376 g/mol.